The van der Waals surface area contributed by atoms with Crippen molar-refractivity contribution in [3.63, 3.8) is 0 Å². The molecule has 1 N–H and O–H groups in total. The number of esters is 1. The third kappa shape index (κ3) is 5.61. The first-order valence-corrected chi connectivity index (χ1v) is 8.91. The molecular formula is C21H27NO5. The Morgan fingerprint density at radius 2 is 1.93 bits per heavy atom. The lowest BCUT2D eigenvalue weighted by atomic mass is 9.86. The van der Waals surface area contributed by atoms with Gasteiger partial charge in [-0.15, -0.1) is 0 Å². The maximum atomic E-state index is 12.3. The van der Waals surface area contributed by atoms with Gasteiger partial charge < -0.3 is 19.5 Å². The Bertz CT molecular complexity index is 758. The molecule has 0 fully saturated rings. The molecular weight excluding hydrogens is 346 g/mol. The zero-order valence-corrected chi connectivity index (χ0v) is 16.5. The van der Waals surface area contributed by atoms with E-state index < -0.39 is 17.4 Å². The molecule has 1 amide bonds. The van der Waals surface area contributed by atoms with Crippen LogP contribution in [0.3, 0.4) is 0 Å². The molecule has 1 atom stereocenters. The number of fused-ring (bicyclic) bond motifs is 1. The van der Waals surface area contributed by atoms with Crippen LogP contribution in [0.25, 0.3) is 6.08 Å². The fourth-order valence-electron chi connectivity index (χ4n) is 2.60. The van der Waals surface area contributed by atoms with E-state index >= 15 is 0 Å². The lowest BCUT2D eigenvalue weighted by Gasteiger charge is -2.28. The van der Waals surface area contributed by atoms with Gasteiger partial charge in [-0.1, -0.05) is 45.9 Å². The summed E-state index contributed by atoms with van der Waals surface area (Å²) < 4.78 is 15.5. The van der Waals surface area contributed by atoms with Crippen LogP contribution in [0.4, 0.5) is 0 Å². The molecule has 0 radical (unpaired) electrons. The number of rotatable bonds is 6. The van der Waals surface area contributed by atoms with E-state index in [1.54, 1.807) is 6.08 Å². The second-order valence-corrected chi connectivity index (χ2v) is 7.35. The minimum atomic E-state index is -0.720. The van der Waals surface area contributed by atoms with Gasteiger partial charge in [0.25, 0.3) is 0 Å². The number of carbonyl (C=O) groups is 2. The number of hydrogen-bond donors (Lipinski definition) is 1. The molecule has 0 unspecified atom stereocenters. The fourth-order valence-corrected chi connectivity index (χ4v) is 2.60. The average Bonchev–Trinajstić information content (AvgIpc) is 3.09. The molecule has 0 bridgehead atoms. The Balaban J connectivity index is 2.09. The summed E-state index contributed by atoms with van der Waals surface area (Å²) in [5.41, 5.74) is 1.48. The summed E-state index contributed by atoms with van der Waals surface area (Å²) in [6.45, 7) is 7.85. The van der Waals surface area contributed by atoms with Crippen LogP contribution in [0, 0.1) is 5.41 Å². The van der Waals surface area contributed by atoms with Crippen LogP contribution in [0.1, 0.15) is 39.7 Å². The van der Waals surface area contributed by atoms with E-state index in [0.29, 0.717) is 5.75 Å². The lowest BCUT2D eigenvalue weighted by Crippen LogP contribution is -2.49. The normalized spacial score (nSPS) is 14.9. The van der Waals surface area contributed by atoms with Gasteiger partial charge in [0, 0.05) is 6.08 Å². The molecule has 0 saturated carbocycles. The summed E-state index contributed by atoms with van der Waals surface area (Å²) in [6.07, 6.45) is 5.91. The van der Waals surface area contributed by atoms with Gasteiger partial charge in [0.15, 0.2) is 11.5 Å². The molecule has 1 aromatic rings. The van der Waals surface area contributed by atoms with Gasteiger partial charge in [-0.3, -0.25) is 4.79 Å². The largest absolute Gasteiger partial charge is 0.467 e. The van der Waals surface area contributed by atoms with Crippen LogP contribution in [0.5, 0.6) is 11.5 Å². The monoisotopic (exact) mass is 373 g/mol. The van der Waals surface area contributed by atoms with Crippen LogP contribution < -0.4 is 14.8 Å². The molecule has 1 aliphatic rings. The summed E-state index contributed by atoms with van der Waals surface area (Å²) in [6, 6.07) is 4.98. The fraction of sp³-hybridized carbons (Fsp3) is 0.429. The Morgan fingerprint density at radius 3 is 2.56 bits per heavy atom. The standard InChI is InChI=1S/C21H27NO5/c1-6-14(11-15-7-9-16-17(12-15)27-13-26-16)8-10-18(23)22-19(20(24)25-5)21(2,3)4/h7-12,19H,6,13H2,1-5H3,(H,22,23)/b10-8+,14-11+/t19-/m1/s1. The summed E-state index contributed by atoms with van der Waals surface area (Å²) in [5, 5.41) is 2.72. The molecule has 1 aliphatic heterocycles. The molecule has 1 heterocycles. The van der Waals surface area contributed by atoms with Crippen molar-refractivity contribution >= 4 is 18.0 Å². The van der Waals surface area contributed by atoms with E-state index in [9.17, 15) is 9.59 Å². The number of allylic oxidation sites excluding steroid dienone is 2. The minimum absolute atomic E-state index is 0.234. The average molecular weight is 373 g/mol. The lowest BCUT2D eigenvalue weighted by molar-refractivity contribution is -0.147. The first-order valence-electron chi connectivity index (χ1n) is 8.91. The highest BCUT2D eigenvalue weighted by Gasteiger charge is 2.33. The van der Waals surface area contributed by atoms with Crippen molar-refractivity contribution in [2.45, 2.75) is 40.2 Å². The summed E-state index contributed by atoms with van der Waals surface area (Å²) in [4.78, 5) is 24.2. The molecule has 6 nitrogen and oxygen atoms in total. The molecule has 2 rings (SSSR count). The predicted octanol–water partition coefficient (Wildman–Crippen LogP) is 3.47. The zero-order valence-electron chi connectivity index (χ0n) is 16.5. The highest BCUT2D eigenvalue weighted by atomic mass is 16.7. The molecule has 0 spiro atoms. The van der Waals surface area contributed by atoms with E-state index in [0.717, 1.165) is 23.3 Å². The summed E-state index contributed by atoms with van der Waals surface area (Å²) >= 11 is 0. The SMILES string of the molecule is CCC(/C=C/C(=O)N[C@H](C(=O)OC)C(C)(C)C)=C\c1ccc2c(c1)OCO2. The Labute approximate surface area is 160 Å². The summed E-state index contributed by atoms with van der Waals surface area (Å²) in [7, 11) is 1.31. The smallest absolute Gasteiger partial charge is 0.328 e. The number of benzene rings is 1. The minimum Gasteiger partial charge on any atom is -0.467 e. The van der Waals surface area contributed by atoms with Crippen molar-refractivity contribution in [2.24, 2.45) is 5.41 Å². The van der Waals surface area contributed by atoms with E-state index in [1.165, 1.54) is 13.2 Å². The number of ether oxygens (including phenoxy) is 3. The molecule has 146 valence electrons. The van der Waals surface area contributed by atoms with Crippen molar-refractivity contribution in [1.29, 1.82) is 0 Å². The Kier molecular flexibility index (Phi) is 6.66. The molecule has 27 heavy (non-hydrogen) atoms. The molecule has 0 aromatic heterocycles. The van der Waals surface area contributed by atoms with Gasteiger partial charge >= 0.3 is 5.97 Å². The quantitative estimate of drug-likeness (QED) is 0.470. The van der Waals surface area contributed by atoms with Crippen molar-refractivity contribution in [3.8, 4) is 11.5 Å². The van der Waals surface area contributed by atoms with Crippen LogP contribution in [-0.4, -0.2) is 31.8 Å². The number of amides is 1. The number of nitrogens with one attached hydrogen (secondary N) is 1. The van der Waals surface area contributed by atoms with Gasteiger partial charge in [0.2, 0.25) is 12.7 Å². The Morgan fingerprint density at radius 1 is 1.22 bits per heavy atom. The van der Waals surface area contributed by atoms with Crippen molar-refractivity contribution < 1.29 is 23.8 Å². The van der Waals surface area contributed by atoms with Gasteiger partial charge in [-0.2, -0.15) is 0 Å². The topological polar surface area (TPSA) is 73.9 Å². The van der Waals surface area contributed by atoms with E-state index in [-0.39, 0.29) is 12.7 Å². The van der Waals surface area contributed by atoms with Crippen LogP contribution in [-0.2, 0) is 14.3 Å². The first-order chi connectivity index (χ1) is 12.7. The third-order valence-electron chi connectivity index (χ3n) is 4.20. The first kappa shape index (κ1) is 20.6. The number of hydrogen-bond acceptors (Lipinski definition) is 5. The van der Waals surface area contributed by atoms with Gasteiger partial charge in [0.1, 0.15) is 6.04 Å². The maximum absolute atomic E-state index is 12.3. The van der Waals surface area contributed by atoms with E-state index in [4.69, 9.17) is 14.2 Å². The van der Waals surface area contributed by atoms with Crippen LogP contribution >= 0.6 is 0 Å². The summed E-state index contributed by atoms with van der Waals surface area (Å²) in [5.74, 6) is 0.643. The van der Waals surface area contributed by atoms with E-state index in [1.807, 2.05) is 52.0 Å². The van der Waals surface area contributed by atoms with Crippen LogP contribution in [0.15, 0.2) is 35.9 Å². The molecule has 1 aromatic carbocycles. The van der Waals surface area contributed by atoms with E-state index in [2.05, 4.69) is 5.32 Å². The Hall–Kier alpha value is -2.76. The second kappa shape index (κ2) is 8.75. The number of methoxy groups -OCH3 is 1. The highest BCUT2D eigenvalue weighted by molar-refractivity contribution is 5.92. The van der Waals surface area contributed by atoms with Gasteiger partial charge in [-0.25, -0.2) is 4.79 Å². The van der Waals surface area contributed by atoms with Crippen molar-refractivity contribution in [3.05, 3.63) is 41.5 Å². The third-order valence-corrected chi connectivity index (χ3v) is 4.20. The van der Waals surface area contributed by atoms with Crippen molar-refractivity contribution in [2.75, 3.05) is 13.9 Å². The highest BCUT2D eigenvalue weighted by Crippen LogP contribution is 2.33. The van der Waals surface area contributed by atoms with Gasteiger partial charge in [0.05, 0.1) is 7.11 Å². The zero-order chi connectivity index (χ0) is 20.0. The molecule has 0 aliphatic carbocycles. The number of carbonyl (C=O) groups excluding carboxylic acids is 2. The molecule has 0 saturated heterocycles. The van der Waals surface area contributed by atoms with Crippen molar-refractivity contribution in [1.82, 2.24) is 5.32 Å². The van der Waals surface area contributed by atoms with Crippen LogP contribution in [0.2, 0.25) is 0 Å². The van der Waals surface area contributed by atoms with Gasteiger partial charge in [-0.05, 0) is 35.1 Å². The molecule has 6 heteroatoms. The maximum Gasteiger partial charge on any atom is 0.328 e. The second-order valence-electron chi connectivity index (χ2n) is 7.35. The predicted molar refractivity (Wildman–Crippen MR) is 103 cm³/mol.